The zero-order valence-electron chi connectivity index (χ0n) is 19.6. The number of nitrogens with zero attached hydrogens (tertiary/aromatic N) is 1. The Labute approximate surface area is 213 Å². The molecule has 0 unspecified atom stereocenters. The number of benzene rings is 2. The molecule has 3 atom stereocenters. The molecule has 5 rings (SSSR count). The first-order chi connectivity index (χ1) is 17.6. The molecule has 3 heterocycles. The fourth-order valence-corrected chi connectivity index (χ4v) is 5.13. The molecular formula is C27H27N3O5S. The Morgan fingerprint density at radius 1 is 1.06 bits per heavy atom. The lowest BCUT2D eigenvalue weighted by Crippen LogP contribution is -2.47. The van der Waals surface area contributed by atoms with Gasteiger partial charge in [0.05, 0.1) is 17.5 Å². The highest BCUT2D eigenvalue weighted by molar-refractivity contribution is 7.12. The number of hydrogen-bond acceptors (Lipinski definition) is 6. The average molecular weight is 506 g/mol. The van der Waals surface area contributed by atoms with Gasteiger partial charge < -0.3 is 20.1 Å². The molecule has 0 bridgehead atoms. The molecule has 8 nitrogen and oxygen atoms in total. The minimum absolute atomic E-state index is 0.0243. The van der Waals surface area contributed by atoms with E-state index in [4.69, 9.17) is 9.47 Å². The smallest absolute Gasteiger partial charge is 0.411 e. The normalized spacial score (nSPS) is 21.3. The summed E-state index contributed by atoms with van der Waals surface area (Å²) in [7, 11) is 0. The summed E-state index contributed by atoms with van der Waals surface area (Å²) < 4.78 is 11.4. The van der Waals surface area contributed by atoms with E-state index >= 15 is 0 Å². The molecule has 2 aromatic carbocycles. The highest BCUT2D eigenvalue weighted by atomic mass is 32.1. The number of hydrogen-bond donors (Lipinski definition) is 2. The summed E-state index contributed by atoms with van der Waals surface area (Å²) in [6.07, 6.45) is 0.448. The van der Waals surface area contributed by atoms with E-state index in [1.807, 2.05) is 41.8 Å². The number of carbonyl (C=O) groups is 3. The van der Waals surface area contributed by atoms with E-state index in [2.05, 4.69) is 10.6 Å². The zero-order valence-corrected chi connectivity index (χ0v) is 20.4. The first-order valence-electron chi connectivity index (χ1n) is 11.9. The number of carbonyl (C=O) groups excluding carboxylic acids is 3. The predicted molar refractivity (Wildman–Crippen MR) is 136 cm³/mol. The Bertz CT molecular complexity index is 1210. The molecule has 9 heteroatoms. The lowest BCUT2D eigenvalue weighted by atomic mass is 10.00. The van der Waals surface area contributed by atoms with Crippen molar-refractivity contribution in [2.45, 2.75) is 37.6 Å². The summed E-state index contributed by atoms with van der Waals surface area (Å²) in [6, 6.07) is 19.3. The van der Waals surface area contributed by atoms with Crippen LogP contribution in [0.15, 0.2) is 72.1 Å². The highest BCUT2D eigenvalue weighted by Crippen LogP contribution is 2.35. The molecule has 1 aromatic heterocycles. The van der Waals surface area contributed by atoms with Crippen LogP contribution >= 0.6 is 11.3 Å². The number of amides is 3. The van der Waals surface area contributed by atoms with Crippen LogP contribution in [-0.2, 0) is 20.8 Å². The van der Waals surface area contributed by atoms with Crippen molar-refractivity contribution >= 4 is 34.9 Å². The molecule has 0 aliphatic carbocycles. The summed E-state index contributed by atoms with van der Waals surface area (Å²) in [5.74, 6) is -0.521. The molecule has 0 radical (unpaired) electrons. The van der Waals surface area contributed by atoms with Crippen molar-refractivity contribution in [3.8, 4) is 0 Å². The Balaban J connectivity index is 1.38. The number of rotatable bonds is 8. The van der Waals surface area contributed by atoms with E-state index in [9.17, 15) is 14.4 Å². The highest BCUT2D eigenvalue weighted by Gasteiger charge is 2.47. The van der Waals surface area contributed by atoms with Gasteiger partial charge in [0.1, 0.15) is 0 Å². The summed E-state index contributed by atoms with van der Waals surface area (Å²) >= 11 is 1.35. The van der Waals surface area contributed by atoms with Gasteiger partial charge in [-0.05, 0) is 47.5 Å². The van der Waals surface area contributed by atoms with Crippen LogP contribution in [0, 0.1) is 0 Å². The van der Waals surface area contributed by atoms with Crippen LogP contribution < -0.4 is 10.6 Å². The van der Waals surface area contributed by atoms with Crippen molar-refractivity contribution in [1.29, 1.82) is 0 Å². The Hall–Kier alpha value is -3.69. The van der Waals surface area contributed by atoms with Gasteiger partial charge in [0.2, 0.25) is 5.91 Å². The van der Waals surface area contributed by atoms with Gasteiger partial charge in [-0.2, -0.15) is 0 Å². The molecule has 2 aliphatic rings. The van der Waals surface area contributed by atoms with Gasteiger partial charge in [-0.3, -0.25) is 14.5 Å². The van der Waals surface area contributed by atoms with E-state index < -0.39 is 18.2 Å². The molecule has 2 saturated heterocycles. The monoisotopic (exact) mass is 505 g/mol. The summed E-state index contributed by atoms with van der Waals surface area (Å²) in [4.78, 5) is 41.0. The SMILES string of the molecule is O=C(Nc1cccc([C@@H]2OC(=O)N(Cc3ccccc3)[C@@H]2C(=O)NC[C@@H]2CCCO2)c1)c1cccs1. The molecule has 3 amide bonds. The van der Waals surface area contributed by atoms with Crippen LogP contribution in [0.2, 0.25) is 0 Å². The van der Waals surface area contributed by atoms with Crippen molar-refractivity contribution < 1.29 is 23.9 Å². The van der Waals surface area contributed by atoms with Crippen molar-refractivity contribution in [3.05, 3.63) is 88.1 Å². The molecule has 0 spiro atoms. The van der Waals surface area contributed by atoms with Crippen LogP contribution in [0.5, 0.6) is 0 Å². The maximum Gasteiger partial charge on any atom is 0.411 e. The van der Waals surface area contributed by atoms with Crippen molar-refractivity contribution in [3.63, 3.8) is 0 Å². The standard InChI is InChI=1S/C27H27N3O5S/c31-25(22-12-6-14-36-22)29-20-10-4-9-19(15-20)24-23(26(32)28-16-21-11-5-13-34-21)30(27(33)35-24)17-18-7-2-1-3-8-18/h1-4,6-10,12,14-15,21,23-24H,5,11,13,16-17H2,(H,28,32)(H,29,31)/t21-,23-,24-/m0/s1. The Kier molecular flexibility index (Phi) is 7.29. The third-order valence-corrected chi connectivity index (χ3v) is 7.16. The van der Waals surface area contributed by atoms with E-state index in [1.165, 1.54) is 16.2 Å². The maximum absolute atomic E-state index is 13.4. The number of anilines is 1. The average Bonchev–Trinajstić information content (AvgIpc) is 3.66. The molecule has 0 saturated carbocycles. The van der Waals surface area contributed by atoms with Crippen LogP contribution in [0.4, 0.5) is 10.5 Å². The zero-order chi connectivity index (χ0) is 24.9. The number of ether oxygens (including phenoxy) is 2. The summed E-state index contributed by atoms with van der Waals surface area (Å²) in [5.41, 5.74) is 2.08. The minimum atomic E-state index is -0.873. The number of cyclic esters (lactones) is 1. The molecule has 2 aliphatic heterocycles. The van der Waals surface area contributed by atoms with E-state index in [1.54, 1.807) is 30.3 Å². The first kappa shape index (κ1) is 24.0. The number of nitrogens with one attached hydrogen (secondary N) is 2. The van der Waals surface area contributed by atoms with Gasteiger partial charge >= 0.3 is 6.09 Å². The minimum Gasteiger partial charge on any atom is -0.438 e. The third kappa shape index (κ3) is 5.42. The van der Waals surface area contributed by atoms with Crippen LogP contribution in [0.1, 0.15) is 39.7 Å². The molecule has 186 valence electrons. The lowest BCUT2D eigenvalue weighted by Gasteiger charge is -2.25. The molecule has 36 heavy (non-hydrogen) atoms. The van der Waals surface area contributed by atoms with Crippen molar-refractivity contribution in [1.82, 2.24) is 10.2 Å². The second-order valence-electron chi connectivity index (χ2n) is 8.80. The van der Waals surface area contributed by atoms with E-state index in [0.717, 1.165) is 18.4 Å². The van der Waals surface area contributed by atoms with E-state index in [-0.39, 0.29) is 24.5 Å². The number of thiophene rings is 1. The predicted octanol–water partition coefficient (Wildman–Crippen LogP) is 4.36. The Morgan fingerprint density at radius 3 is 2.67 bits per heavy atom. The van der Waals surface area contributed by atoms with Crippen LogP contribution in [0.25, 0.3) is 0 Å². The molecule has 2 N–H and O–H groups in total. The Morgan fingerprint density at radius 2 is 1.92 bits per heavy atom. The molecule has 2 fully saturated rings. The van der Waals surface area contributed by atoms with Crippen molar-refractivity contribution in [2.75, 3.05) is 18.5 Å². The van der Waals surface area contributed by atoms with Gasteiger partial charge in [0, 0.05) is 18.8 Å². The summed E-state index contributed by atoms with van der Waals surface area (Å²) in [6.45, 7) is 1.31. The summed E-state index contributed by atoms with van der Waals surface area (Å²) in [5, 5.41) is 7.68. The largest absolute Gasteiger partial charge is 0.438 e. The first-order valence-corrected chi connectivity index (χ1v) is 12.8. The second-order valence-corrected chi connectivity index (χ2v) is 9.75. The topological polar surface area (TPSA) is 97.0 Å². The molecular weight excluding hydrogens is 478 g/mol. The van der Waals surface area contributed by atoms with Gasteiger partial charge in [-0.1, -0.05) is 48.5 Å². The van der Waals surface area contributed by atoms with Gasteiger partial charge in [0.15, 0.2) is 12.1 Å². The van der Waals surface area contributed by atoms with Crippen molar-refractivity contribution in [2.24, 2.45) is 0 Å². The lowest BCUT2D eigenvalue weighted by molar-refractivity contribution is -0.126. The second kappa shape index (κ2) is 10.9. The maximum atomic E-state index is 13.4. The van der Waals surface area contributed by atoms with Crippen LogP contribution in [-0.4, -0.2) is 48.1 Å². The third-order valence-electron chi connectivity index (χ3n) is 6.30. The fourth-order valence-electron chi connectivity index (χ4n) is 4.51. The van der Waals surface area contributed by atoms with E-state index in [0.29, 0.717) is 29.3 Å². The van der Waals surface area contributed by atoms with Gasteiger partial charge in [-0.15, -0.1) is 11.3 Å². The van der Waals surface area contributed by atoms with Gasteiger partial charge in [0.25, 0.3) is 5.91 Å². The van der Waals surface area contributed by atoms with Gasteiger partial charge in [-0.25, -0.2) is 4.79 Å². The molecule has 3 aromatic rings. The quantitative estimate of drug-likeness (QED) is 0.474. The van der Waals surface area contributed by atoms with Crippen LogP contribution in [0.3, 0.4) is 0 Å². The fraction of sp³-hybridized carbons (Fsp3) is 0.296.